The van der Waals surface area contributed by atoms with Gasteiger partial charge in [-0.05, 0) is 42.9 Å². The fourth-order valence-corrected chi connectivity index (χ4v) is 3.37. The van der Waals surface area contributed by atoms with Crippen molar-refractivity contribution in [3.8, 4) is 0 Å². The molecule has 3 heteroatoms. The molecule has 2 nitrogen and oxygen atoms in total. The predicted molar refractivity (Wildman–Crippen MR) is 74.0 cm³/mol. The van der Waals surface area contributed by atoms with Gasteiger partial charge in [-0.3, -0.25) is 0 Å². The third-order valence-corrected chi connectivity index (χ3v) is 4.58. The summed E-state index contributed by atoms with van der Waals surface area (Å²) < 4.78 is 0. The number of aliphatic hydroxyl groups is 1. The van der Waals surface area contributed by atoms with Crippen LogP contribution in [0.3, 0.4) is 0 Å². The van der Waals surface area contributed by atoms with E-state index in [4.69, 9.17) is 0 Å². The first-order valence-corrected chi connectivity index (χ1v) is 7.31. The van der Waals surface area contributed by atoms with Crippen molar-refractivity contribution in [1.29, 1.82) is 0 Å². The van der Waals surface area contributed by atoms with Crippen molar-refractivity contribution >= 4 is 11.3 Å². The Bertz CT molecular complexity index is 561. The molecule has 3 rings (SSSR count). The zero-order chi connectivity index (χ0) is 12.5. The highest BCUT2D eigenvalue weighted by Crippen LogP contribution is 2.26. The number of aryl methyl sites for hydroxylation is 3. The molecule has 1 aliphatic rings. The Morgan fingerprint density at radius 3 is 2.94 bits per heavy atom. The summed E-state index contributed by atoms with van der Waals surface area (Å²) in [7, 11) is 0. The molecule has 0 aliphatic heterocycles. The summed E-state index contributed by atoms with van der Waals surface area (Å²) in [5.74, 6) is 0. The minimum absolute atomic E-state index is 0.469. The van der Waals surface area contributed by atoms with E-state index < -0.39 is 6.10 Å². The second kappa shape index (κ2) is 4.82. The first-order valence-electron chi connectivity index (χ1n) is 6.43. The largest absolute Gasteiger partial charge is 0.386 e. The Morgan fingerprint density at radius 2 is 2.17 bits per heavy atom. The summed E-state index contributed by atoms with van der Waals surface area (Å²) in [5.41, 5.74) is 5.16. The van der Waals surface area contributed by atoms with Crippen molar-refractivity contribution in [2.24, 2.45) is 0 Å². The summed E-state index contributed by atoms with van der Waals surface area (Å²) in [6, 6.07) is 6.62. The van der Waals surface area contributed by atoms with E-state index in [9.17, 15) is 5.11 Å². The molecule has 1 aromatic heterocycles. The second-order valence-corrected chi connectivity index (χ2v) is 5.89. The first kappa shape index (κ1) is 11.9. The van der Waals surface area contributed by atoms with Gasteiger partial charge >= 0.3 is 0 Å². The molecule has 0 amide bonds. The molecule has 0 radical (unpaired) electrons. The first-order chi connectivity index (χ1) is 8.72. The summed E-state index contributed by atoms with van der Waals surface area (Å²) >= 11 is 1.54. The topological polar surface area (TPSA) is 33.1 Å². The molecular weight excluding hydrogens is 242 g/mol. The van der Waals surface area contributed by atoms with Crippen LogP contribution in [0.5, 0.6) is 0 Å². The summed E-state index contributed by atoms with van der Waals surface area (Å²) in [4.78, 5) is 4.35. The molecule has 1 atom stereocenters. The number of benzene rings is 1. The number of hydrogen-bond acceptors (Lipinski definition) is 3. The van der Waals surface area contributed by atoms with Crippen LogP contribution < -0.4 is 0 Å². The third-order valence-electron chi connectivity index (χ3n) is 3.51. The van der Waals surface area contributed by atoms with E-state index >= 15 is 0 Å². The molecule has 0 spiro atoms. The average molecular weight is 259 g/mol. The van der Waals surface area contributed by atoms with Gasteiger partial charge < -0.3 is 5.11 Å². The number of hydrogen-bond donors (Lipinski definition) is 1. The van der Waals surface area contributed by atoms with Crippen LogP contribution in [-0.4, -0.2) is 10.1 Å². The number of nitrogens with zero attached hydrogens (tertiary/aromatic N) is 1. The third kappa shape index (κ3) is 2.33. The number of thiazole rings is 1. The van der Waals surface area contributed by atoms with Crippen molar-refractivity contribution in [2.75, 3.05) is 0 Å². The Balaban J connectivity index is 1.76. The fourth-order valence-electron chi connectivity index (χ4n) is 2.59. The Morgan fingerprint density at radius 1 is 1.33 bits per heavy atom. The molecule has 1 aromatic carbocycles. The second-order valence-electron chi connectivity index (χ2n) is 5.00. The highest BCUT2D eigenvalue weighted by atomic mass is 32.1. The van der Waals surface area contributed by atoms with Crippen LogP contribution in [0.1, 0.15) is 39.9 Å². The average Bonchev–Trinajstić information content (AvgIpc) is 2.96. The van der Waals surface area contributed by atoms with Gasteiger partial charge in [-0.2, -0.15) is 0 Å². The van der Waals surface area contributed by atoms with E-state index in [-0.39, 0.29) is 0 Å². The van der Waals surface area contributed by atoms with E-state index in [0.717, 1.165) is 10.7 Å². The van der Waals surface area contributed by atoms with Crippen LogP contribution in [0, 0.1) is 6.92 Å². The van der Waals surface area contributed by atoms with Crippen LogP contribution in [0.15, 0.2) is 23.6 Å². The van der Waals surface area contributed by atoms with Crippen molar-refractivity contribution in [3.63, 3.8) is 0 Å². The van der Waals surface area contributed by atoms with E-state index in [0.29, 0.717) is 6.42 Å². The molecule has 0 fully saturated rings. The smallest absolute Gasteiger partial charge is 0.122 e. The molecule has 94 valence electrons. The van der Waals surface area contributed by atoms with Gasteiger partial charge in [-0.1, -0.05) is 18.2 Å². The lowest BCUT2D eigenvalue weighted by Crippen LogP contribution is -2.02. The standard InChI is InChI=1S/C15H17NOS/c1-10-9-18-15(16-10)14(17)8-11-5-6-12-3-2-4-13(12)7-11/h5-7,9,14,17H,2-4,8H2,1H3. The van der Waals surface area contributed by atoms with Gasteiger partial charge in [0, 0.05) is 17.5 Å². The molecule has 1 heterocycles. The predicted octanol–water partition coefficient (Wildman–Crippen LogP) is 3.22. The normalized spacial score (nSPS) is 15.7. The van der Waals surface area contributed by atoms with Crippen molar-refractivity contribution in [2.45, 2.75) is 38.7 Å². The van der Waals surface area contributed by atoms with E-state index in [1.165, 1.54) is 36.0 Å². The van der Waals surface area contributed by atoms with Crippen LogP contribution in [0.2, 0.25) is 0 Å². The monoisotopic (exact) mass is 259 g/mol. The molecule has 18 heavy (non-hydrogen) atoms. The fraction of sp³-hybridized carbons (Fsp3) is 0.400. The van der Waals surface area contributed by atoms with E-state index in [2.05, 4.69) is 23.2 Å². The molecule has 0 saturated heterocycles. The molecule has 1 aliphatic carbocycles. The van der Waals surface area contributed by atoms with Crippen molar-refractivity contribution in [1.82, 2.24) is 4.98 Å². The molecular formula is C15H17NOS. The van der Waals surface area contributed by atoms with Gasteiger partial charge in [0.25, 0.3) is 0 Å². The lowest BCUT2D eigenvalue weighted by Gasteiger charge is -2.09. The Hall–Kier alpha value is -1.19. The summed E-state index contributed by atoms with van der Waals surface area (Å²) in [6.07, 6.45) is 3.87. The van der Waals surface area contributed by atoms with Gasteiger partial charge in [0.1, 0.15) is 11.1 Å². The number of aromatic nitrogens is 1. The molecule has 0 saturated carbocycles. The highest BCUT2D eigenvalue weighted by molar-refractivity contribution is 7.09. The number of fused-ring (bicyclic) bond motifs is 1. The molecule has 2 aromatic rings. The van der Waals surface area contributed by atoms with E-state index in [1.807, 2.05) is 12.3 Å². The zero-order valence-electron chi connectivity index (χ0n) is 10.5. The quantitative estimate of drug-likeness (QED) is 0.918. The summed E-state index contributed by atoms with van der Waals surface area (Å²) in [5, 5.41) is 13.0. The molecule has 1 unspecified atom stereocenters. The molecule has 0 bridgehead atoms. The SMILES string of the molecule is Cc1csc(C(O)Cc2ccc3c(c2)CCC3)n1. The van der Waals surface area contributed by atoms with Crippen LogP contribution >= 0.6 is 11.3 Å². The van der Waals surface area contributed by atoms with Gasteiger partial charge in [-0.25, -0.2) is 4.98 Å². The van der Waals surface area contributed by atoms with Gasteiger partial charge in [0.2, 0.25) is 0 Å². The summed E-state index contributed by atoms with van der Waals surface area (Å²) in [6.45, 7) is 1.96. The Labute approximate surface area is 111 Å². The number of rotatable bonds is 3. The van der Waals surface area contributed by atoms with Gasteiger partial charge in [-0.15, -0.1) is 11.3 Å². The minimum Gasteiger partial charge on any atom is -0.386 e. The van der Waals surface area contributed by atoms with Crippen LogP contribution in [0.25, 0.3) is 0 Å². The van der Waals surface area contributed by atoms with E-state index in [1.54, 1.807) is 11.3 Å². The minimum atomic E-state index is -0.469. The van der Waals surface area contributed by atoms with Gasteiger partial charge in [0.15, 0.2) is 0 Å². The maximum Gasteiger partial charge on any atom is 0.122 e. The lowest BCUT2D eigenvalue weighted by atomic mass is 10.0. The Kier molecular flexibility index (Phi) is 3.18. The maximum atomic E-state index is 10.2. The molecule has 1 N–H and O–H groups in total. The maximum absolute atomic E-state index is 10.2. The highest BCUT2D eigenvalue weighted by Gasteiger charge is 2.15. The van der Waals surface area contributed by atoms with Crippen LogP contribution in [-0.2, 0) is 19.3 Å². The zero-order valence-corrected chi connectivity index (χ0v) is 11.3. The lowest BCUT2D eigenvalue weighted by molar-refractivity contribution is 0.178. The number of aliphatic hydroxyl groups excluding tert-OH is 1. The van der Waals surface area contributed by atoms with Crippen LogP contribution in [0.4, 0.5) is 0 Å². The van der Waals surface area contributed by atoms with Crippen molar-refractivity contribution in [3.05, 3.63) is 51.0 Å². The van der Waals surface area contributed by atoms with Gasteiger partial charge in [0.05, 0.1) is 0 Å². The van der Waals surface area contributed by atoms with Crippen molar-refractivity contribution < 1.29 is 5.11 Å².